The number of rotatable bonds is 6. The van der Waals surface area contributed by atoms with Crippen LogP contribution in [0.1, 0.15) is 25.3 Å². The van der Waals surface area contributed by atoms with Crippen LogP contribution in [-0.2, 0) is 11.2 Å². The number of thioether (sulfide) groups is 1. The summed E-state index contributed by atoms with van der Waals surface area (Å²) in [5.41, 5.74) is 1.64. The van der Waals surface area contributed by atoms with Gasteiger partial charge in [-0.2, -0.15) is 0 Å². The largest absolute Gasteiger partial charge is 0.342 e. The third kappa shape index (κ3) is 5.07. The molecule has 1 aliphatic rings. The Morgan fingerprint density at radius 3 is 2.42 bits per heavy atom. The molecule has 7 heteroatoms. The molecule has 0 N–H and O–H groups in total. The first-order valence-electron chi connectivity index (χ1n) is 12.3. The van der Waals surface area contributed by atoms with E-state index in [-0.39, 0.29) is 17.2 Å². The van der Waals surface area contributed by atoms with E-state index in [1.807, 2.05) is 24.0 Å². The number of piperidine rings is 1. The number of carbonyl (C=O) groups is 1. The minimum Gasteiger partial charge on any atom is -0.342 e. The van der Waals surface area contributed by atoms with Gasteiger partial charge < -0.3 is 4.90 Å². The summed E-state index contributed by atoms with van der Waals surface area (Å²) in [6, 6.07) is 23.6. The van der Waals surface area contributed by atoms with Gasteiger partial charge in [-0.25, -0.2) is 9.37 Å². The van der Waals surface area contributed by atoms with E-state index in [0.29, 0.717) is 35.1 Å². The number of likely N-dealkylation sites (tertiary alicyclic amines) is 1. The number of aromatic nitrogens is 2. The molecule has 0 saturated carbocycles. The average Bonchev–Trinajstić information content (AvgIpc) is 2.90. The number of hydrogen-bond donors (Lipinski definition) is 0. The van der Waals surface area contributed by atoms with Crippen LogP contribution in [0.4, 0.5) is 4.39 Å². The molecule has 5 rings (SSSR count). The average molecular weight is 502 g/mol. The fraction of sp³-hybridized carbons (Fsp3) is 0.276. The van der Waals surface area contributed by atoms with Gasteiger partial charge in [0, 0.05) is 13.1 Å². The van der Waals surface area contributed by atoms with E-state index in [9.17, 15) is 14.0 Å². The molecule has 1 amide bonds. The first kappa shape index (κ1) is 24.3. The lowest BCUT2D eigenvalue weighted by molar-refractivity contribution is -0.131. The Balaban J connectivity index is 1.35. The predicted molar refractivity (Wildman–Crippen MR) is 142 cm³/mol. The summed E-state index contributed by atoms with van der Waals surface area (Å²) in [5, 5.41) is 0.245. The quantitative estimate of drug-likeness (QED) is 0.259. The maximum atomic E-state index is 14.7. The lowest BCUT2D eigenvalue weighted by Gasteiger charge is -2.33. The van der Waals surface area contributed by atoms with Crippen LogP contribution in [0.2, 0.25) is 0 Å². The van der Waals surface area contributed by atoms with Gasteiger partial charge in [-0.3, -0.25) is 14.2 Å². The van der Waals surface area contributed by atoms with Crippen molar-refractivity contribution in [3.63, 3.8) is 0 Å². The van der Waals surface area contributed by atoms with Gasteiger partial charge in [-0.05, 0) is 61.9 Å². The number of halogens is 1. The van der Waals surface area contributed by atoms with Crippen molar-refractivity contribution < 1.29 is 9.18 Å². The van der Waals surface area contributed by atoms with Crippen LogP contribution in [0.25, 0.3) is 16.6 Å². The number of benzene rings is 3. The summed E-state index contributed by atoms with van der Waals surface area (Å²) in [7, 11) is 0. The molecule has 5 nitrogen and oxygen atoms in total. The van der Waals surface area contributed by atoms with Gasteiger partial charge in [0.25, 0.3) is 5.56 Å². The highest BCUT2D eigenvalue weighted by atomic mass is 32.2. The Labute approximate surface area is 214 Å². The molecular formula is C29H28FN3O2S. The smallest absolute Gasteiger partial charge is 0.266 e. The van der Waals surface area contributed by atoms with E-state index >= 15 is 0 Å². The molecule has 4 aromatic rings. The number of para-hydroxylation sites is 2. The fourth-order valence-corrected chi connectivity index (χ4v) is 5.81. The lowest BCUT2D eigenvalue weighted by atomic mass is 9.90. The van der Waals surface area contributed by atoms with Crippen molar-refractivity contribution in [2.24, 2.45) is 5.92 Å². The van der Waals surface area contributed by atoms with Crippen LogP contribution in [0.15, 0.2) is 88.8 Å². The van der Waals surface area contributed by atoms with Crippen molar-refractivity contribution >= 4 is 28.6 Å². The van der Waals surface area contributed by atoms with Crippen LogP contribution < -0.4 is 5.56 Å². The van der Waals surface area contributed by atoms with E-state index in [4.69, 9.17) is 0 Å². The summed E-state index contributed by atoms with van der Waals surface area (Å²) in [6.45, 7) is 3.26. The summed E-state index contributed by atoms with van der Waals surface area (Å²) in [6.07, 6.45) is 2.96. The van der Waals surface area contributed by atoms with E-state index in [0.717, 1.165) is 19.3 Å². The number of hydrogen-bond acceptors (Lipinski definition) is 4. The zero-order valence-electron chi connectivity index (χ0n) is 20.1. The molecule has 1 unspecified atom stereocenters. The zero-order valence-corrected chi connectivity index (χ0v) is 21.0. The number of amides is 1. The SMILES string of the molecule is CC(Sc1nc2ccccc2c(=O)n1-c1ccccc1F)C(=O)N1CCC(Cc2ccccc2)CC1. The molecule has 1 aromatic heterocycles. The van der Waals surface area contributed by atoms with Crippen molar-refractivity contribution in [2.75, 3.05) is 13.1 Å². The van der Waals surface area contributed by atoms with Crippen molar-refractivity contribution in [1.82, 2.24) is 14.5 Å². The number of carbonyl (C=O) groups excluding carboxylic acids is 1. The molecule has 3 aromatic carbocycles. The zero-order chi connectivity index (χ0) is 25.1. The Morgan fingerprint density at radius 1 is 1.00 bits per heavy atom. The van der Waals surface area contributed by atoms with Crippen LogP contribution in [0.5, 0.6) is 0 Å². The van der Waals surface area contributed by atoms with Crippen molar-refractivity contribution in [2.45, 2.75) is 36.6 Å². The molecule has 2 heterocycles. The Morgan fingerprint density at radius 2 is 1.67 bits per heavy atom. The van der Waals surface area contributed by atoms with Crippen molar-refractivity contribution in [1.29, 1.82) is 0 Å². The minimum absolute atomic E-state index is 0.0145. The third-order valence-electron chi connectivity index (χ3n) is 6.76. The van der Waals surface area contributed by atoms with Gasteiger partial charge in [0.1, 0.15) is 5.82 Å². The summed E-state index contributed by atoms with van der Waals surface area (Å²) in [5.74, 6) is 0.0615. The van der Waals surface area contributed by atoms with Crippen molar-refractivity contribution in [3.05, 3.63) is 101 Å². The lowest BCUT2D eigenvalue weighted by Crippen LogP contribution is -2.42. The molecule has 1 saturated heterocycles. The molecule has 1 aliphatic heterocycles. The van der Waals surface area contributed by atoms with Gasteiger partial charge in [-0.15, -0.1) is 0 Å². The van der Waals surface area contributed by atoms with E-state index in [1.165, 1.54) is 28.0 Å². The van der Waals surface area contributed by atoms with Crippen LogP contribution in [0.3, 0.4) is 0 Å². The topological polar surface area (TPSA) is 55.2 Å². The van der Waals surface area contributed by atoms with Crippen LogP contribution >= 0.6 is 11.8 Å². The molecule has 0 radical (unpaired) electrons. The summed E-state index contributed by atoms with van der Waals surface area (Å²) < 4.78 is 16.0. The van der Waals surface area contributed by atoms with Gasteiger partial charge in [-0.1, -0.05) is 66.4 Å². The van der Waals surface area contributed by atoms with E-state index < -0.39 is 11.1 Å². The summed E-state index contributed by atoms with van der Waals surface area (Å²) >= 11 is 1.20. The van der Waals surface area contributed by atoms with Crippen molar-refractivity contribution in [3.8, 4) is 5.69 Å². The monoisotopic (exact) mass is 501 g/mol. The standard InChI is InChI=1S/C29H28FN3O2S/c1-20(27(34)32-17-15-22(16-18-32)19-21-9-3-2-4-10-21)36-29-31-25-13-7-5-11-23(25)28(35)33(29)26-14-8-6-12-24(26)30/h2-14,20,22H,15-19H2,1H3. The predicted octanol–water partition coefficient (Wildman–Crippen LogP) is 5.49. The minimum atomic E-state index is -0.516. The number of fused-ring (bicyclic) bond motifs is 1. The highest BCUT2D eigenvalue weighted by Crippen LogP contribution is 2.29. The first-order chi connectivity index (χ1) is 17.5. The molecule has 1 atom stereocenters. The third-order valence-corrected chi connectivity index (χ3v) is 7.80. The molecule has 0 spiro atoms. The second-order valence-electron chi connectivity index (χ2n) is 9.22. The van der Waals surface area contributed by atoms with Gasteiger partial charge in [0.05, 0.1) is 21.8 Å². The maximum absolute atomic E-state index is 14.7. The Bertz CT molecular complexity index is 1430. The molecule has 0 aliphatic carbocycles. The molecule has 36 heavy (non-hydrogen) atoms. The van der Waals surface area contributed by atoms with Gasteiger partial charge in [0.15, 0.2) is 5.16 Å². The maximum Gasteiger partial charge on any atom is 0.266 e. The molecule has 0 bridgehead atoms. The summed E-state index contributed by atoms with van der Waals surface area (Å²) in [4.78, 5) is 33.3. The normalized spacial score (nSPS) is 15.2. The Hall–Kier alpha value is -3.45. The molecule has 1 fully saturated rings. The molecular weight excluding hydrogens is 473 g/mol. The number of nitrogens with zero attached hydrogens (tertiary/aromatic N) is 3. The van der Waals surface area contributed by atoms with Gasteiger partial charge in [0.2, 0.25) is 5.91 Å². The van der Waals surface area contributed by atoms with Crippen LogP contribution in [0, 0.1) is 11.7 Å². The second kappa shape index (κ2) is 10.7. The Kier molecular flexibility index (Phi) is 7.18. The second-order valence-corrected chi connectivity index (χ2v) is 10.5. The van der Waals surface area contributed by atoms with Crippen LogP contribution in [-0.4, -0.2) is 38.7 Å². The fourth-order valence-electron chi connectivity index (χ4n) is 4.81. The van der Waals surface area contributed by atoms with Gasteiger partial charge >= 0.3 is 0 Å². The first-order valence-corrected chi connectivity index (χ1v) is 13.2. The van der Waals surface area contributed by atoms with E-state index in [1.54, 1.807) is 36.4 Å². The highest BCUT2D eigenvalue weighted by Gasteiger charge is 2.28. The van der Waals surface area contributed by atoms with E-state index in [2.05, 4.69) is 29.2 Å². The molecule has 184 valence electrons. The highest BCUT2D eigenvalue weighted by molar-refractivity contribution is 8.00.